The first kappa shape index (κ1) is 17.4. The third kappa shape index (κ3) is 3.64. The third-order valence-electron chi connectivity index (χ3n) is 3.98. The second-order valence-corrected chi connectivity index (χ2v) is 6.15. The fraction of sp³-hybridized carbons (Fsp3) is 0.176. The van der Waals surface area contributed by atoms with Crippen LogP contribution in [0.1, 0.15) is 17.2 Å². The zero-order valence-electron chi connectivity index (χ0n) is 13.1. The van der Waals surface area contributed by atoms with Crippen LogP contribution < -0.4 is 10.7 Å². The fourth-order valence-corrected chi connectivity index (χ4v) is 3.04. The van der Waals surface area contributed by atoms with Crippen molar-refractivity contribution in [2.75, 3.05) is 0 Å². The lowest BCUT2D eigenvalue weighted by atomic mass is 9.95. The number of carbonyl (C=O) groups excluding carboxylic acids is 2. The van der Waals surface area contributed by atoms with Gasteiger partial charge in [-0.3, -0.25) is 15.0 Å². The van der Waals surface area contributed by atoms with Crippen LogP contribution in [0.15, 0.2) is 54.6 Å². The van der Waals surface area contributed by atoms with E-state index in [1.54, 1.807) is 12.1 Å². The number of nitrogens with one attached hydrogen (secondary N) is 2. The van der Waals surface area contributed by atoms with Crippen molar-refractivity contribution in [3.63, 3.8) is 0 Å². The molecule has 2 amide bonds. The van der Waals surface area contributed by atoms with Gasteiger partial charge in [-0.15, -0.1) is 11.6 Å². The molecule has 8 heteroatoms. The van der Waals surface area contributed by atoms with Crippen LogP contribution in [0.25, 0.3) is 0 Å². The van der Waals surface area contributed by atoms with Gasteiger partial charge in [0, 0.05) is 12.1 Å². The molecule has 3 rings (SSSR count). The number of rotatable bonds is 5. The summed E-state index contributed by atoms with van der Waals surface area (Å²) in [5.41, 5.74) is 4.20. The summed E-state index contributed by atoms with van der Waals surface area (Å²) in [5, 5.41) is 19.2. The summed E-state index contributed by atoms with van der Waals surface area (Å²) in [7, 11) is 0. The maximum absolute atomic E-state index is 12.2. The summed E-state index contributed by atoms with van der Waals surface area (Å²) in [4.78, 5) is 24.2. The van der Waals surface area contributed by atoms with Gasteiger partial charge >= 0.3 is 0 Å². The molecule has 0 aliphatic carbocycles. The highest BCUT2D eigenvalue weighted by molar-refractivity contribution is 6.33. The molecule has 25 heavy (non-hydrogen) atoms. The molecule has 0 aromatic heterocycles. The van der Waals surface area contributed by atoms with E-state index in [-0.39, 0.29) is 18.0 Å². The number of quaternary nitrogens is 1. The maximum atomic E-state index is 12.2. The van der Waals surface area contributed by atoms with Gasteiger partial charge in [-0.1, -0.05) is 42.5 Å². The van der Waals surface area contributed by atoms with E-state index in [2.05, 4.69) is 5.43 Å². The van der Waals surface area contributed by atoms with Crippen LogP contribution in [0.4, 0.5) is 5.69 Å². The van der Waals surface area contributed by atoms with Crippen molar-refractivity contribution in [2.45, 2.75) is 17.8 Å². The third-order valence-corrected chi connectivity index (χ3v) is 4.41. The molecule has 2 aromatic rings. The quantitative estimate of drug-likeness (QED) is 0.418. The summed E-state index contributed by atoms with van der Waals surface area (Å²) in [5.74, 6) is -0.717. The van der Waals surface area contributed by atoms with Gasteiger partial charge in [0.1, 0.15) is 11.4 Å². The molecular weight excluding hydrogens is 346 g/mol. The molecule has 1 aliphatic rings. The Morgan fingerprint density at radius 1 is 1.20 bits per heavy atom. The first-order valence-corrected chi connectivity index (χ1v) is 8.05. The van der Waals surface area contributed by atoms with Crippen molar-refractivity contribution >= 4 is 29.1 Å². The van der Waals surface area contributed by atoms with Crippen LogP contribution in [0, 0.1) is 5.21 Å². The van der Waals surface area contributed by atoms with Crippen molar-refractivity contribution in [3.05, 3.63) is 70.9 Å². The van der Waals surface area contributed by atoms with Crippen LogP contribution in [-0.2, 0) is 16.0 Å². The Morgan fingerprint density at radius 2 is 1.84 bits per heavy atom. The fourth-order valence-electron chi connectivity index (χ4n) is 2.67. The molecule has 2 aromatic carbocycles. The number of hydrazine groups is 1. The Kier molecular flexibility index (Phi) is 5.00. The summed E-state index contributed by atoms with van der Waals surface area (Å²) in [6.45, 7) is 0. The van der Waals surface area contributed by atoms with E-state index in [1.807, 2.05) is 30.3 Å². The van der Waals surface area contributed by atoms with E-state index in [4.69, 9.17) is 16.8 Å². The molecule has 0 spiro atoms. The van der Waals surface area contributed by atoms with Crippen molar-refractivity contribution in [1.82, 2.24) is 10.4 Å². The lowest BCUT2D eigenvalue weighted by Gasteiger charge is -2.44. The van der Waals surface area contributed by atoms with Gasteiger partial charge in [-0.25, -0.2) is 10.2 Å². The number of benzene rings is 2. The van der Waals surface area contributed by atoms with Gasteiger partial charge in [-0.2, -0.15) is 5.23 Å². The number of halogens is 1. The zero-order valence-corrected chi connectivity index (χ0v) is 13.8. The minimum atomic E-state index is -1.04. The largest absolute Gasteiger partial charge is 0.595 e. The molecule has 0 bridgehead atoms. The number of carbonyl (C=O) groups is 2. The monoisotopic (exact) mass is 361 g/mol. The van der Waals surface area contributed by atoms with Crippen LogP contribution in [0.2, 0.25) is 0 Å². The average molecular weight is 362 g/mol. The van der Waals surface area contributed by atoms with Gasteiger partial charge < -0.3 is 5.21 Å². The smallest absolute Gasteiger partial charge is 0.262 e. The molecule has 1 aliphatic heterocycles. The molecule has 7 nitrogen and oxygen atoms in total. The van der Waals surface area contributed by atoms with E-state index in [1.165, 1.54) is 17.1 Å². The number of alkyl halides is 1. The minimum Gasteiger partial charge on any atom is -0.595 e. The summed E-state index contributed by atoms with van der Waals surface area (Å²) >= 11 is 6.08. The second kappa shape index (κ2) is 7.20. The first-order valence-electron chi connectivity index (χ1n) is 7.61. The highest BCUT2D eigenvalue weighted by Gasteiger charge is 2.48. The molecule has 3 unspecified atom stereocenters. The van der Waals surface area contributed by atoms with Gasteiger partial charge in [0.05, 0.1) is 6.42 Å². The molecular formula is C17H16ClN3O4. The van der Waals surface area contributed by atoms with E-state index >= 15 is 0 Å². The molecule has 1 heterocycles. The Balaban J connectivity index is 1.69. The lowest BCUT2D eigenvalue weighted by molar-refractivity contribution is -0.991. The Hall–Kier alpha value is -2.45. The lowest BCUT2D eigenvalue weighted by Crippen LogP contribution is -2.99. The standard InChI is InChI=1S/C17H16ClN3O4/c18-15-16(12-6-8-13(9-7-12)21(24)25)20(17(15)23)19-14(22)10-11-4-2-1-3-5-11/h1-9,15-16,21,24H,10H2,(H,19,22). The van der Waals surface area contributed by atoms with Crippen molar-refractivity contribution in [1.29, 1.82) is 0 Å². The Morgan fingerprint density at radius 3 is 2.44 bits per heavy atom. The van der Waals surface area contributed by atoms with Crippen molar-refractivity contribution in [2.24, 2.45) is 0 Å². The molecule has 0 saturated carbocycles. The number of amides is 2. The normalized spacial score (nSPS) is 20.8. The van der Waals surface area contributed by atoms with Crippen LogP contribution in [0.3, 0.4) is 0 Å². The van der Waals surface area contributed by atoms with E-state index in [0.717, 1.165) is 5.56 Å². The van der Waals surface area contributed by atoms with Crippen molar-refractivity contribution < 1.29 is 20.0 Å². The van der Waals surface area contributed by atoms with Crippen LogP contribution in [-0.4, -0.2) is 27.4 Å². The highest BCUT2D eigenvalue weighted by Crippen LogP contribution is 2.37. The summed E-state index contributed by atoms with van der Waals surface area (Å²) < 4.78 is 0. The number of hydrogen-bond acceptors (Lipinski definition) is 4. The van der Waals surface area contributed by atoms with Crippen LogP contribution in [0.5, 0.6) is 0 Å². The van der Waals surface area contributed by atoms with Crippen LogP contribution >= 0.6 is 11.6 Å². The van der Waals surface area contributed by atoms with E-state index in [0.29, 0.717) is 5.56 Å². The summed E-state index contributed by atoms with van der Waals surface area (Å²) in [6.07, 6.45) is 0.141. The predicted molar refractivity (Wildman–Crippen MR) is 89.7 cm³/mol. The Labute approximate surface area is 148 Å². The average Bonchev–Trinajstić information content (AvgIpc) is 2.62. The molecule has 0 radical (unpaired) electrons. The minimum absolute atomic E-state index is 0.139. The van der Waals surface area contributed by atoms with E-state index in [9.17, 15) is 14.8 Å². The number of nitrogens with zero attached hydrogens (tertiary/aromatic N) is 1. The number of β-lactam (4-membered cyclic amide) rings is 1. The van der Waals surface area contributed by atoms with Gasteiger partial charge in [0.25, 0.3) is 5.91 Å². The molecule has 1 saturated heterocycles. The second-order valence-electron chi connectivity index (χ2n) is 5.68. The van der Waals surface area contributed by atoms with Gasteiger partial charge in [0.15, 0.2) is 5.69 Å². The molecule has 1 fully saturated rings. The molecule has 3 N–H and O–H groups in total. The molecule has 3 atom stereocenters. The number of hydrogen-bond donors (Lipinski definition) is 3. The van der Waals surface area contributed by atoms with Crippen molar-refractivity contribution in [3.8, 4) is 0 Å². The highest BCUT2D eigenvalue weighted by atomic mass is 35.5. The SMILES string of the molecule is O=C(Cc1ccccc1)NN1C(=O)C(Cl)C1c1ccc([NH+]([O-])O)cc1. The topological polar surface area (TPSA) is 97.1 Å². The predicted octanol–water partition coefficient (Wildman–Crippen LogP) is 0.855. The summed E-state index contributed by atoms with van der Waals surface area (Å²) in [6, 6.07) is 14.7. The van der Waals surface area contributed by atoms with Gasteiger partial charge in [-0.05, 0) is 11.1 Å². The Bertz CT molecular complexity index is 767. The first-order chi connectivity index (χ1) is 12.0. The molecule has 130 valence electrons. The maximum Gasteiger partial charge on any atom is 0.262 e. The van der Waals surface area contributed by atoms with E-state index < -0.39 is 22.6 Å². The van der Waals surface area contributed by atoms with Gasteiger partial charge in [0.2, 0.25) is 5.91 Å². The zero-order chi connectivity index (χ0) is 18.0.